The second-order valence-corrected chi connectivity index (χ2v) is 10.2. The van der Waals surface area contributed by atoms with Gasteiger partial charge < -0.3 is 10.6 Å². The molecule has 41 heavy (non-hydrogen) atoms. The first kappa shape index (κ1) is 29.4. The van der Waals surface area contributed by atoms with Crippen LogP contribution in [0.5, 0.6) is 0 Å². The predicted octanol–water partition coefficient (Wildman–Crippen LogP) is 4.73. The number of hydrogen-bond acceptors (Lipinski definition) is 5. The van der Waals surface area contributed by atoms with Crippen molar-refractivity contribution in [2.75, 3.05) is 13.1 Å². The molecule has 8 nitrogen and oxygen atoms in total. The van der Waals surface area contributed by atoms with Crippen LogP contribution < -0.4 is 11.4 Å². The summed E-state index contributed by atoms with van der Waals surface area (Å²) in [5, 5.41) is 14.0. The van der Waals surface area contributed by atoms with E-state index in [4.69, 9.17) is 5.73 Å². The van der Waals surface area contributed by atoms with Crippen LogP contribution in [0.3, 0.4) is 0 Å². The molecule has 2 N–H and O–H groups in total. The number of amides is 1. The maximum absolute atomic E-state index is 14.5. The molecule has 4 rings (SSSR count). The third-order valence-corrected chi connectivity index (χ3v) is 6.86. The highest BCUT2D eigenvalue weighted by Crippen LogP contribution is 2.30. The molecule has 0 aliphatic heterocycles. The first-order valence-corrected chi connectivity index (χ1v) is 13.4. The van der Waals surface area contributed by atoms with Crippen molar-refractivity contribution < 1.29 is 13.6 Å². The minimum atomic E-state index is -0.722. The summed E-state index contributed by atoms with van der Waals surface area (Å²) in [6, 6.07) is 18.1. The molecule has 0 spiro atoms. The SMILES string of the molecule is Cc1ccc(C(=O)N(CCCN)C(c2nn(-c3cccc(F)c3)c(=O)n2Cc2cccc(C#N)c2)C(C)C)cc1F. The number of halogens is 2. The number of rotatable bonds is 10. The Kier molecular flexibility index (Phi) is 9.10. The molecule has 1 heterocycles. The molecule has 1 atom stereocenters. The topological polar surface area (TPSA) is 110 Å². The van der Waals surface area contributed by atoms with Crippen molar-refractivity contribution in [1.29, 1.82) is 5.26 Å². The molecule has 0 aliphatic rings. The lowest BCUT2D eigenvalue weighted by atomic mass is 9.99. The van der Waals surface area contributed by atoms with Crippen LogP contribution in [0.1, 0.15) is 59.2 Å². The summed E-state index contributed by atoms with van der Waals surface area (Å²) in [4.78, 5) is 29.3. The van der Waals surface area contributed by atoms with Gasteiger partial charge in [-0.1, -0.05) is 38.1 Å². The number of hydrogen-bond donors (Lipinski definition) is 1. The summed E-state index contributed by atoms with van der Waals surface area (Å²) in [6.45, 7) is 6.01. The lowest BCUT2D eigenvalue weighted by Gasteiger charge is -2.34. The van der Waals surface area contributed by atoms with E-state index in [1.807, 2.05) is 13.8 Å². The first-order chi connectivity index (χ1) is 19.6. The predicted molar refractivity (Wildman–Crippen MR) is 151 cm³/mol. The maximum Gasteiger partial charge on any atom is 0.351 e. The van der Waals surface area contributed by atoms with Crippen LogP contribution in [0, 0.1) is 35.8 Å². The molecule has 0 radical (unpaired) electrons. The minimum absolute atomic E-state index is 0.0559. The Morgan fingerprint density at radius 3 is 2.51 bits per heavy atom. The number of nitrogens with zero attached hydrogens (tertiary/aromatic N) is 5. The van der Waals surface area contributed by atoms with E-state index in [2.05, 4.69) is 11.2 Å². The van der Waals surface area contributed by atoms with Crippen LogP contribution in [0.25, 0.3) is 5.69 Å². The van der Waals surface area contributed by atoms with E-state index in [9.17, 15) is 23.6 Å². The van der Waals surface area contributed by atoms with Crippen LogP contribution >= 0.6 is 0 Å². The molecule has 0 saturated carbocycles. The van der Waals surface area contributed by atoms with Crippen molar-refractivity contribution in [3.05, 3.63) is 117 Å². The number of carbonyl (C=O) groups excluding carboxylic acids is 1. The maximum atomic E-state index is 14.5. The van der Waals surface area contributed by atoms with Gasteiger partial charge in [0.1, 0.15) is 11.6 Å². The van der Waals surface area contributed by atoms with Gasteiger partial charge in [-0.15, -0.1) is 5.10 Å². The molecule has 1 aromatic heterocycles. The minimum Gasteiger partial charge on any atom is -0.330 e. The summed E-state index contributed by atoms with van der Waals surface area (Å²) >= 11 is 0. The summed E-state index contributed by atoms with van der Waals surface area (Å²) in [7, 11) is 0. The molecule has 1 unspecified atom stereocenters. The first-order valence-electron chi connectivity index (χ1n) is 13.4. The van der Waals surface area contributed by atoms with Crippen molar-refractivity contribution in [1.82, 2.24) is 19.2 Å². The molecule has 0 fully saturated rings. The highest BCUT2D eigenvalue weighted by atomic mass is 19.1. The Hall–Kier alpha value is -4.62. The number of carbonyl (C=O) groups is 1. The number of nitrogens with two attached hydrogens (primary N) is 1. The number of aromatic nitrogens is 3. The average Bonchev–Trinajstić information content (AvgIpc) is 3.26. The van der Waals surface area contributed by atoms with Crippen LogP contribution in [-0.2, 0) is 6.54 Å². The Morgan fingerprint density at radius 1 is 1.10 bits per heavy atom. The third-order valence-electron chi connectivity index (χ3n) is 6.86. The van der Waals surface area contributed by atoms with E-state index >= 15 is 0 Å². The van der Waals surface area contributed by atoms with E-state index in [0.717, 1.165) is 4.68 Å². The van der Waals surface area contributed by atoms with Gasteiger partial charge in [0.15, 0.2) is 5.82 Å². The zero-order chi connectivity index (χ0) is 29.7. The Labute approximate surface area is 237 Å². The smallest absolute Gasteiger partial charge is 0.330 e. The second-order valence-electron chi connectivity index (χ2n) is 10.2. The van der Waals surface area contributed by atoms with Crippen LogP contribution in [0.4, 0.5) is 8.78 Å². The molecule has 0 saturated heterocycles. The second kappa shape index (κ2) is 12.7. The van der Waals surface area contributed by atoms with Crippen LogP contribution in [-0.4, -0.2) is 38.2 Å². The fourth-order valence-electron chi connectivity index (χ4n) is 4.79. The van der Waals surface area contributed by atoms with Gasteiger partial charge in [0.2, 0.25) is 0 Å². The van der Waals surface area contributed by atoms with Crippen LogP contribution in [0.2, 0.25) is 0 Å². The van der Waals surface area contributed by atoms with Gasteiger partial charge in [0.05, 0.1) is 29.9 Å². The summed E-state index contributed by atoms with van der Waals surface area (Å²) in [5.41, 5.74) is 7.19. The van der Waals surface area contributed by atoms with E-state index in [1.165, 1.54) is 28.8 Å². The number of benzene rings is 3. The van der Waals surface area contributed by atoms with Crippen molar-refractivity contribution in [2.24, 2.45) is 11.7 Å². The van der Waals surface area contributed by atoms with Gasteiger partial charge in [-0.05, 0) is 79.4 Å². The van der Waals surface area contributed by atoms with Crippen molar-refractivity contribution in [2.45, 2.75) is 39.8 Å². The molecule has 0 bridgehead atoms. The van der Waals surface area contributed by atoms with Crippen molar-refractivity contribution in [3.8, 4) is 11.8 Å². The van der Waals surface area contributed by atoms with E-state index in [-0.39, 0.29) is 36.1 Å². The zero-order valence-corrected chi connectivity index (χ0v) is 23.2. The Bertz CT molecular complexity index is 1650. The number of aryl methyl sites for hydroxylation is 1. The largest absolute Gasteiger partial charge is 0.351 e. The lowest BCUT2D eigenvalue weighted by Crippen LogP contribution is -2.41. The Morgan fingerprint density at radius 2 is 1.85 bits per heavy atom. The molecule has 0 aliphatic carbocycles. The third kappa shape index (κ3) is 6.42. The molecule has 3 aromatic carbocycles. The van der Waals surface area contributed by atoms with Crippen molar-refractivity contribution in [3.63, 3.8) is 0 Å². The van der Waals surface area contributed by atoms with Gasteiger partial charge in [-0.2, -0.15) is 9.94 Å². The fourth-order valence-corrected chi connectivity index (χ4v) is 4.79. The highest BCUT2D eigenvalue weighted by molar-refractivity contribution is 5.94. The van der Waals surface area contributed by atoms with E-state index in [1.54, 1.807) is 54.3 Å². The summed E-state index contributed by atoms with van der Waals surface area (Å²) in [5.74, 6) is -1.43. The molecular weight excluding hydrogens is 526 g/mol. The van der Waals surface area contributed by atoms with Crippen LogP contribution in [0.15, 0.2) is 71.5 Å². The van der Waals surface area contributed by atoms with Gasteiger partial charge in [0.25, 0.3) is 5.91 Å². The zero-order valence-electron chi connectivity index (χ0n) is 23.2. The summed E-state index contributed by atoms with van der Waals surface area (Å²) < 4.78 is 31.2. The van der Waals surface area contributed by atoms with Gasteiger partial charge >= 0.3 is 5.69 Å². The molecule has 212 valence electrons. The summed E-state index contributed by atoms with van der Waals surface area (Å²) in [6.07, 6.45) is 0.461. The fraction of sp³-hybridized carbons (Fsp3) is 0.290. The molecular formula is C31H32F2N6O2. The van der Waals surface area contributed by atoms with Gasteiger partial charge in [-0.3, -0.25) is 9.36 Å². The standard InChI is InChI=1S/C31H32F2N6O2/c1-20(2)28(37(14-6-13-34)30(40)24-12-11-21(3)27(33)16-24)29-36-39(26-10-5-9-25(32)17-26)31(41)38(29)19-23-8-4-7-22(15-23)18-35/h4-5,7-12,15-17,20,28H,6,13-14,19,34H2,1-3H3. The molecule has 1 amide bonds. The quantitative estimate of drug-likeness (QED) is 0.303. The molecule has 4 aromatic rings. The Balaban J connectivity index is 1.91. The monoisotopic (exact) mass is 558 g/mol. The number of nitriles is 1. The van der Waals surface area contributed by atoms with E-state index < -0.39 is 29.3 Å². The van der Waals surface area contributed by atoms with Gasteiger partial charge in [-0.25, -0.2) is 13.6 Å². The highest BCUT2D eigenvalue weighted by Gasteiger charge is 2.34. The van der Waals surface area contributed by atoms with Crippen molar-refractivity contribution >= 4 is 5.91 Å². The normalized spacial score (nSPS) is 11.9. The molecule has 10 heteroatoms. The van der Waals surface area contributed by atoms with E-state index in [0.29, 0.717) is 29.7 Å². The van der Waals surface area contributed by atoms with Gasteiger partial charge in [0, 0.05) is 12.1 Å². The average molecular weight is 559 g/mol. The lowest BCUT2D eigenvalue weighted by molar-refractivity contribution is 0.0603.